The van der Waals surface area contributed by atoms with Crippen molar-refractivity contribution in [3.8, 4) is 5.75 Å². The number of halogens is 1. The molecule has 0 aliphatic heterocycles. The Bertz CT molecular complexity index is 901. The number of carbonyl (C=O) groups is 3. The monoisotopic (exact) mass is 494 g/mol. The van der Waals surface area contributed by atoms with Gasteiger partial charge in [0.05, 0.1) is 19.0 Å². The van der Waals surface area contributed by atoms with Crippen LogP contribution in [0.25, 0.3) is 0 Å². The Hall–Kier alpha value is -3.18. The minimum absolute atomic E-state index is 0.223. The number of benzene rings is 1. The van der Waals surface area contributed by atoms with Gasteiger partial charge in [-0.05, 0) is 36.8 Å². The number of nitrogens with zero attached hydrogens (tertiary/aromatic N) is 1. The highest BCUT2D eigenvalue weighted by Crippen LogP contribution is 2.21. The van der Waals surface area contributed by atoms with E-state index >= 15 is 0 Å². The van der Waals surface area contributed by atoms with Crippen LogP contribution in [-0.4, -0.2) is 50.8 Å². The van der Waals surface area contributed by atoms with Crippen molar-refractivity contribution in [3.05, 3.63) is 52.4 Å². The largest absolute Gasteiger partial charge is 0.483 e. The van der Waals surface area contributed by atoms with Gasteiger partial charge in [-0.15, -0.1) is 0 Å². The van der Waals surface area contributed by atoms with E-state index in [1.165, 1.54) is 12.5 Å². The number of rotatable bonds is 11. The van der Waals surface area contributed by atoms with Crippen molar-refractivity contribution < 1.29 is 28.3 Å². The quantitative estimate of drug-likeness (QED) is 0.187. The number of carbonyl (C=O) groups excluding carboxylic acids is 3. The number of furan rings is 1. The summed E-state index contributed by atoms with van der Waals surface area (Å²) in [6, 6.07) is 8.56. The van der Waals surface area contributed by atoms with Gasteiger partial charge in [-0.3, -0.25) is 14.4 Å². The highest BCUT2D eigenvalue weighted by atomic mass is 79.9. The molecule has 0 fully saturated rings. The lowest BCUT2D eigenvalue weighted by atomic mass is 10.2. The summed E-state index contributed by atoms with van der Waals surface area (Å²) in [6.07, 6.45) is 3.43. The van der Waals surface area contributed by atoms with Crippen LogP contribution in [0.5, 0.6) is 5.75 Å². The number of hydrogen-bond acceptors (Lipinski definition) is 7. The topological polar surface area (TPSA) is 131 Å². The van der Waals surface area contributed by atoms with Crippen molar-refractivity contribution in [2.45, 2.75) is 13.0 Å². The zero-order chi connectivity index (χ0) is 22.5. The molecule has 3 amide bonds. The van der Waals surface area contributed by atoms with Gasteiger partial charge in [-0.25, -0.2) is 5.43 Å². The highest BCUT2D eigenvalue weighted by Gasteiger charge is 2.12. The minimum atomic E-state index is -0.900. The van der Waals surface area contributed by atoms with E-state index in [-0.39, 0.29) is 19.1 Å². The average molecular weight is 495 g/mol. The van der Waals surface area contributed by atoms with E-state index in [1.54, 1.807) is 37.4 Å². The fourth-order valence-corrected chi connectivity index (χ4v) is 2.63. The highest BCUT2D eigenvalue weighted by molar-refractivity contribution is 9.10. The molecule has 1 aromatic heterocycles. The lowest BCUT2D eigenvalue weighted by Crippen LogP contribution is -2.38. The summed E-state index contributed by atoms with van der Waals surface area (Å²) in [7, 11) is 1.55. The fourth-order valence-electron chi connectivity index (χ4n) is 2.25. The van der Waals surface area contributed by atoms with E-state index in [1.807, 2.05) is 0 Å². The van der Waals surface area contributed by atoms with Crippen LogP contribution >= 0.6 is 15.9 Å². The number of hydrazone groups is 1. The second kappa shape index (κ2) is 13.2. The lowest BCUT2D eigenvalue weighted by Gasteiger charge is -2.09. The SMILES string of the molecule is COCCCNC(=O)C(=O)N/N=C\c1cc(Br)ccc1OCC(=O)NCc1ccco1. The maximum atomic E-state index is 12.0. The van der Waals surface area contributed by atoms with Gasteiger partial charge in [0.2, 0.25) is 0 Å². The number of methoxy groups -OCH3 is 1. The van der Waals surface area contributed by atoms with Gasteiger partial charge in [0.25, 0.3) is 5.91 Å². The molecule has 0 aliphatic carbocycles. The Morgan fingerprint density at radius 1 is 1.19 bits per heavy atom. The van der Waals surface area contributed by atoms with Crippen molar-refractivity contribution in [1.29, 1.82) is 0 Å². The van der Waals surface area contributed by atoms with Crippen LogP contribution in [-0.2, 0) is 25.7 Å². The van der Waals surface area contributed by atoms with Crippen LogP contribution in [0.2, 0.25) is 0 Å². The van der Waals surface area contributed by atoms with Crippen LogP contribution in [0.4, 0.5) is 0 Å². The zero-order valence-electron chi connectivity index (χ0n) is 16.9. The Balaban J connectivity index is 1.85. The molecule has 1 heterocycles. The predicted molar refractivity (Wildman–Crippen MR) is 115 cm³/mol. The first-order valence-electron chi connectivity index (χ1n) is 9.31. The average Bonchev–Trinajstić information content (AvgIpc) is 3.28. The Labute approximate surface area is 187 Å². The molecule has 2 aromatic rings. The van der Waals surface area contributed by atoms with E-state index in [0.29, 0.717) is 36.6 Å². The summed E-state index contributed by atoms with van der Waals surface area (Å²) >= 11 is 3.34. The third-order valence-corrected chi connectivity index (χ3v) is 4.25. The van der Waals surface area contributed by atoms with Gasteiger partial charge in [-0.2, -0.15) is 5.10 Å². The van der Waals surface area contributed by atoms with Gasteiger partial charge >= 0.3 is 11.8 Å². The number of ether oxygens (including phenoxy) is 2. The van der Waals surface area contributed by atoms with E-state index in [2.05, 4.69) is 37.1 Å². The van der Waals surface area contributed by atoms with Crippen molar-refractivity contribution in [2.24, 2.45) is 5.10 Å². The first-order valence-corrected chi connectivity index (χ1v) is 10.1. The van der Waals surface area contributed by atoms with Crippen LogP contribution in [0.3, 0.4) is 0 Å². The van der Waals surface area contributed by atoms with Crippen LogP contribution in [0, 0.1) is 0 Å². The molecule has 11 heteroatoms. The summed E-state index contributed by atoms with van der Waals surface area (Å²) in [4.78, 5) is 35.4. The van der Waals surface area contributed by atoms with Crippen LogP contribution < -0.4 is 20.8 Å². The standard InChI is InChI=1S/C20H23BrN4O6/c1-29-8-3-7-22-19(27)20(28)25-24-11-14-10-15(21)5-6-17(14)31-13-18(26)23-12-16-4-2-9-30-16/h2,4-6,9-11H,3,7-8,12-13H2,1H3,(H,22,27)(H,23,26)(H,25,28)/b24-11-. The van der Waals surface area contributed by atoms with E-state index in [9.17, 15) is 14.4 Å². The summed E-state index contributed by atoms with van der Waals surface area (Å²) in [5, 5.41) is 8.91. The third-order valence-electron chi connectivity index (χ3n) is 3.76. The Morgan fingerprint density at radius 3 is 2.77 bits per heavy atom. The van der Waals surface area contributed by atoms with Crippen molar-refractivity contribution >= 4 is 39.9 Å². The normalized spacial score (nSPS) is 10.6. The number of hydrogen-bond donors (Lipinski definition) is 3. The number of amides is 3. The van der Waals surface area contributed by atoms with Crippen molar-refractivity contribution in [3.63, 3.8) is 0 Å². The molecular formula is C20H23BrN4O6. The summed E-state index contributed by atoms with van der Waals surface area (Å²) in [5.74, 6) is -1.03. The van der Waals surface area contributed by atoms with E-state index in [0.717, 1.165) is 4.47 Å². The van der Waals surface area contributed by atoms with Crippen LogP contribution in [0.15, 0.2) is 50.6 Å². The molecule has 0 spiro atoms. The second-order valence-corrected chi connectivity index (χ2v) is 7.04. The molecule has 0 unspecified atom stereocenters. The zero-order valence-corrected chi connectivity index (χ0v) is 18.4. The van der Waals surface area contributed by atoms with Gasteiger partial charge in [0, 0.05) is 30.3 Å². The molecule has 10 nitrogen and oxygen atoms in total. The molecule has 3 N–H and O–H groups in total. The van der Waals surface area contributed by atoms with Crippen LogP contribution in [0.1, 0.15) is 17.7 Å². The van der Waals surface area contributed by atoms with Gasteiger partial charge in [-0.1, -0.05) is 15.9 Å². The molecular weight excluding hydrogens is 472 g/mol. The molecule has 1 aromatic carbocycles. The molecule has 166 valence electrons. The summed E-state index contributed by atoms with van der Waals surface area (Å²) in [5.41, 5.74) is 2.64. The molecule has 0 saturated carbocycles. The summed E-state index contributed by atoms with van der Waals surface area (Å²) in [6.45, 7) is 0.824. The van der Waals surface area contributed by atoms with Gasteiger partial charge < -0.3 is 24.5 Å². The van der Waals surface area contributed by atoms with E-state index in [4.69, 9.17) is 13.9 Å². The molecule has 0 atom stereocenters. The Morgan fingerprint density at radius 2 is 2.03 bits per heavy atom. The maximum absolute atomic E-state index is 12.0. The van der Waals surface area contributed by atoms with E-state index < -0.39 is 11.8 Å². The number of nitrogens with one attached hydrogen (secondary N) is 3. The molecule has 2 rings (SSSR count). The Kier molecular flexibility index (Phi) is 10.3. The first-order chi connectivity index (χ1) is 15.0. The summed E-state index contributed by atoms with van der Waals surface area (Å²) < 4.78 is 16.3. The molecule has 0 aliphatic rings. The maximum Gasteiger partial charge on any atom is 0.329 e. The molecule has 0 radical (unpaired) electrons. The molecule has 31 heavy (non-hydrogen) atoms. The predicted octanol–water partition coefficient (Wildman–Crippen LogP) is 1.34. The second-order valence-electron chi connectivity index (χ2n) is 6.13. The van der Waals surface area contributed by atoms with Gasteiger partial charge in [0.1, 0.15) is 11.5 Å². The minimum Gasteiger partial charge on any atom is -0.483 e. The van der Waals surface area contributed by atoms with Crippen molar-refractivity contribution in [2.75, 3.05) is 26.9 Å². The smallest absolute Gasteiger partial charge is 0.329 e. The fraction of sp³-hybridized carbons (Fsp3) is 0.300. The van der Waals surface area contributed by atoms with Crippen molar-refractivity contribution in [1.82, 2.24) is 16.1 Å². The third kappa shape index (κ3) is 9.01. The first kappa shape index (κ1) is 24.1. The molecule has 0 saturated heterocycles. The lowest BCUT2D eigenvalue weighted by molar-refractivity contribution is -0.139. The van der Waals surface area contributed by atoms with Gasteiger partial charge in [0.15, 0.2) is 6.61 Å². The molecule has 0 bridgehead atoms.